The van der Waals surface area contributed by atoms with Crippen LogP contribution in [0.25, 0.3) is 0 Å². The molecule has 1 aliphatic carbocycles. The van der Waals surface area contributed by atoms with Gasteiger partial charge in [-0.3, -0.25) is 9.69 Å². The first-order chi connectivity index (χ1) is 17.9. The average Bonchev–Trinajstić information content (AvgIpc) is 3.58. The molecule has 1 saturated carbocycles. The van der Waals surface area contributed by atoms with Gasteiger partial charge in [-0.2, -0.15) is 0 Å². The van der Waals surface area contributed by atoms with Gasteiger partial charge in [-0.1, -0.05) is 55.3 Å². The van der Waals surface area contributed by atoms with Gasteiger partial charge in [-0.15, -0.1) is 0 Å². The van der Waals surface area contributed by atoms with Crippen molar-refractivity contribution in [2.45, 2.75) is 71.4 Å². The van der Waals surface area contributed by atoms with Crippen molar-refractivity contribution in [2.24, 2.45) is 4.99 Å². The second-order valence-electron chi connectivity index (χ2n) is 10.5. The van der Waals surface area contributed by atoms with Crippen LogP contribution < -0.4 is 0 Å². The van der Waals surface area contributed by atoms with Gasteiger partial charge < -0.3 is 14.5 Å². The van der Waals surface area contributed by atoms with Crippen molar-refractivity contribution in [2.75, 3.05) is 33.3 Å². The maximum Gasteiger partial charge on any atom is 0.338 e. The second kappa shape index (κ2) is 11.0. The number of esters is 1. The Labute approximate surface area is 224 Å². The lowest BCUT2D eigenvalue weighted by Gasteiger charge is -2.39. The Morgan fingerprint density at radius 1 is 1.11 bits per heavy atom. The van der Waals surface area contributed by atoms with Gasteiger partial charge >= 0.3 is 5.97 Å². The van der Waals surface area contributed by atoms with E-state index < -0.39 is 0 Å². The van der Waals surface area contributed by atoms with E-state index in [1.807, 2.05) is 17.2 Å². The highest BCUT2D eigenvalue weighted by Crippen LogP contribution is 2.46. The smallest absolute Gasteiger partial charge is 0.338 e. The standard InChI is InChI=1S/C29H38N4O3S/c1-5-24-26(28(35)36-4)27(23-11-10-19(2)16-20(23)3)33-22(18-37-29(33)30-24)17-25(34)32-14-12-31(13-15-32)21-8-6-7-9-21/h10-11,16,18,21,27H,5-9,12-15,17H2,1-4H3/t27-/m1/s1. The van der Waals surface area contributed by atoms with Crippen LogP contribution in [0.5, 0.6) is 0 Å². The Balaban J connectivity index is 1.39. The number of allylic oxidation sites excluding steroid dienone is 1. The van der Waals surface area contributed by atoms with Crippen LogP contribution in [-0.4, -0.2) is 71.1 Å². The maximum absolute atomic E-state index is 13.5. The van der Waals surface area contributed by atoms with Gasteiger partial charge in [0.2, 0.25) is 5.91 Å². The molecular formula is C29H38N4O3S. The summed E-state index contributed by atoms with van der Waals surface area (Å²) in [6.07, 6.45) is 6.18. The predicted octanol–water partition coefficient (Wildman–Crippen LogP) is 4.92. The fourth-order valence-corrected chi connectivity index (χ4v) is 7.15. The number of hydrogen-bond donors (Lipinski definition) is 0. The van der Waals surface area contributed by atoms with E-state index in [1.54, 1.807) is 0 Å². The van der Waals surface area contributed by atoms with Gasteiger partial charge in [0.25, 0.3) is 0 Å². The summed E-state index contributed by atoms with van der Waals surface area (Å²) >= 11 is 1.54. The number of methoxy groups -OCH3 is 1. The van der Waals surface area contributed by atoms with Gasteiger partial charge in [0.1, 0.15) is 0 Å². The normalized spacial score (nSPS) is 22.8. The number of hydrogen-bond acceptors (Lipinski definition) is 7. The van der Waals surface area contributed by atoms with E-state index in [-0.39, 0.29) is 17.9 Å². The lowest BCUT2D eigenvalue weighted by Crippen LogP contribution is -2.51. The summed E-state index contributed by atoms with van der Waals surface area (Å²) in [5.41, 5.74) is 5.52. The molecule has 0 unspecified atom stereocenters. The first kappa shape index (κ1) is 26.0. The number of benzene rings is 1. The van der Waals surface area contributed by atoms with Crippen LogP contribution in [0.15, 0.2) is 45.6 Å². The molecular weight excluding hydrogens is 484 g/mol. The van der Waals surface area contributed by atoms with Crippen molar-refractivity contribution in [1.82, 2.24) is 14.7 Å². The van der Waals surface area contributed by atoms with Crippen LogP contribution in [0.4, 0.5) is 0 Å². The van der Waals surface area contributed by atoms with Crippen LogP contribution in [0, 0.1) is 13.8 Å². The molecule has 0 spiro atoms. The Hall–Kier alpha value is -2.58. The van der Waals surface area contributed by atoms with E-state index in [4.69, 9.17) is 9.73 Å². The van der Waals surface area contributed by atoms with Crippen LogP contribution in [-0.2, 0) is 14.3 Å². The number of ether oxygens (including phenoxy) is 1. The van der Waals surface area contributed by atoms with Crippen LogP contribution in [0.3, 0.4) is 0 Å². The molecule has 0 aromatic heterocycles. The van der Waals surface area contributed by atoms with Crippen molar-refractivity contribution in [1.29, 1.82) is 0 Å². The van der Waals surface area contributed by atoms with Crippen molar-refractivity contribution in [3.63, 3.8) is 0 Å². The summed E-state index contributed by atoms with van der Waals surface area (Å²) in [5, 5.41) is 2.86. The van der Waals surface area contributed by atoms with E-state index in [0.717, 1.165) is 53.9 Å². The van der Waals surface area contributed by atoms with Crippen LogP contribution in [0.2, 0.25) is 0 Å². The molecule has 4 aliphatic rings. The molecule has 0 radical (unpaired) electrons. The highest BCUT2D eigenvalue weighted by molar-refractivity contribution is 8.16. The summed E-state index contributed by atoms with van der Waals surface area (Å²) in [4.78, 5) is 38.2. The number of thioether (sulfide) groups is 1. The minimum Gasteiger partial charge on any atom is -0.466 e. The monoisotopic (exact) mass is 522 g/mol. The predicted molar refractivity (Wildman–Crippen MR) is 148 cm³/mol. The number of carbonyl (C=O) groups is 2. The van der Waals surface area contributed by atoms with Gasteiger partial charge in [0, 0.05) is 37.9 Å². The van der Waals surface area contributed by atoms with Crippen molar-refractivity contribution in [3.8, 4) is 0 Å². The topological polar surface area (TPSA) is 65.5 Å². The Morgan fingerprint density at radius 2 is 1.84 bits per heavy atom. The Bertz CT molecular complexity index is 1160. The van der Waals surface area contributed by atoms with Gasteiger partial charge in [0.15, 0.2) is 5.17 Å². The summed E-state index contributed by atoms with van der Waals surface area (Å²) in [6, 6.07) is 6.65. The quantitative estimate of drug-likeness (QED) is 0.494. The lowest BCUT2D eigenvalue weighted by atomic mass is 9.89. The number of aryl methyl sites for hydroxylation is 2. The molecule has 0 N–H and O–H groups in total. The summed E-state index contributed by atoms with van der Waals surface area (Å²) in [5.74, 6) is -0.223. The highest BCUT2D eigenvalue weighted by Gasteiger charge is 2.42. The van der Waals surface area contributed by atoms with E-state index in [9.17, 15) is 9.59 Å². The van der Waals surface area contributed by atoms with Gasteiger partial charge in [0.05, 0.1) is 30.8 Å². The molecule has 1 aromatic rings. The van der Waals surface area contributed by atoms with Gasteiger partial charge in [-0.05, 0) is 49.6 Å². The molecule has 1 amide bonds. The fraction of sp³-hybridized carbons (Fsp3) is 0.552. The number of nitrogens with zero attached hydrogens (tertiary/aromatic N) is 4. The molecule has 7 nitrogen and oxygen atoms in total. The molecule has 8 heteroatoms. The molecule has 0 bridgehead atoms. The number of aliphatic imine (C=N–C) groups is 1. The number of piperazine rings is 1. The second-order valence-corrected chi connectivity index (χ2v) is 11.3. The molecule has 2 fully saturated rings. The van der Waals surface area contributed by atoms with E-state index in [0.29, 0.717) is 24.5 Å². The van der Waals surface area contributed by atoms with Crippen LogP contribution in [0.1, 0.15) is 68.2 Å². The van der Waals surface area contributed by atoms with Gasteiger partial charge in [-0.25, -0.2) is 9.79 Å². The third-order valence-electron chi connectivity index (χ3n) is 8.19. The van der Waals surface area contributed by atoms with Crippen LogP contribution >= 0.6 is 11.8 Å². The Morgan fingerprint density at radius 3 is 2.49 bits per heavy atom. The summed E-state index contributed by atoms with van der Waals surface area (Å²) in [6.45, 7) is 9.65. The molecule has 37 heavy (non-hydrogen) atoms. The lowest BCUT2D eigenvalue weighted by molar-refractivity contribution is -0.136. The third-order valence-corrected chi connectivity index (χ3v) is 9.08. The molecule has 198 valence electrons. The molecule has 3 aliphatic heterocycles. The zero-order chi connectivity index (χ0) is 26.1. The first-order valence-corrected chi connectivity index (χ1v) is 14.4. The minimum absolute atomic E-state index is 0.142. The minimum atomic E-state index is -0.372. The third kappa shape index (κ3) is 5.10. The average molecular weight is 523 g/mol. The van der Waals surface area contributed by atoms with E-state index in [2.05, 4.69) is 41.8 Å². The summed E-state index contributed by atoms with van der Waals surface area (Å²) in [7, 11) is 1.42. The van der Waals surface area contributed by atoms with Crippen molar-refractivity contribution in [3.05, 3.63) is 57.3 Å². The fourth-order valence-electron chi connectivity index (χ4n) is 6.21. The Kier molecular flexibility index (Phi) is 7.77. The number of fused-ring (bicyclic) bond motifs is 1. The number of amides is 1. The SMILES string of the molecule is CCC1=C(C(=O)OC)[C@@H](c2ccc(C)cc2C)N2C(CC(=O)N3CCN(C4CCCC4)CC3)=CSC2=N1. The molecule has 1 saturated heterocycles. The maximum atomic E-state index is 13.5. The van der Waals surface area contributed by atoms with Crippen molar-refractivity contribution < 1.29 is 14.3 Å². The van der Waals surface area contributed by atoms with E-state index >= 15 is 0 Å². The van der Waals surface area contributed by atoms with E-state index in [1.165, 1.54) is 50.1 Å². The largest absolute Gasteiger partial charge is 0.466 e. The number of rotatable bonds is 6. The molecule has 1 aromatic carbocycles. The summed E-state index contributed by atoms with van der Waals surface area (Å²) < 4.78 is 5.25. The zero-order valence-electron chi connectivity index (χ0n) is 22.5. The molecule has 3 heterocycles. The first-order valence-electron chi connectivity index (χ1n) is 13.5. The number of carbonyl (C=O) groups excluding carboxylic acids is 2. The zero-order valence-corrected chi connectivity index (χ0v) is 23.3. The molecule has 1 atom stereocenters. The highest BCUT2D eigenvalue weighted by atomic mass is 32.2. The molecule has 5 rings (SSSR count). The number of amidine groups is 1. The van der Waals surface area contributed by atoms with Crippen molar-refractivity contribution >= 4 is 28.8 Å².